The van der Waals surface area contributed by atoms with Gasteiger partial charge >= 0.3 is 0 Å². The van der Waals surface area contributed by atoms with E-state index in [9.17, 15) is 9.59 Å². The van der Waals surface area contributed by atoms with Crippen LogP contribution < -0.4 is 15.1 Å². The molecule has 10 heteroatoms. The standard InChI is InChI=1S/C25H29N7O2S/c1-17-7-6-12-31(14-17)19-10-11-22-21(13-19)30(2)25(34)20(16-35-22)26-24(33)23-27-29-32(28-23)15-18-8-4-3-5-9-18/h3-5,8-11,13,17,20H,6-7,12,14-16H2,1-2H3,(H,26,33)/t17-,20+/m1/s1. The van der Waals surface area contributed by atoms with Crippen LogP contribution in [0.1, 0.15) is 35.9 Å². The van der Waals surface area contributed by atoms with Gasteiger partial charge in [0.2, 0.25) is 5.91 Å². The number of thioether (sulfide) groups is 1. The summed E-state index contributed by atoms with van der Waals surface area (Å²) in [6, 6.07) is 15.3. The van der Waals surface area contributed by atoms with Crippen molar-refractivity contribution in [1.29, 1.82) is 0 Å². The highest BCUT2D eigenvalue weighted by Crippen LogP contribution is 2.37. The maximum absolute atomic E-state index is 13.3. The number of amides is 2. The van der Waals surface area contributed by atoms with Gasteiger partial charge in [0.25, 0.3) is 11.7 Å². The molecule has 1 aromatic heterocycles. The molecule has 9 nitrogen and oxygen atoms in total. The molecular weight excluding hydrogens is 462 g/mol. The first-order valence-electron chi connectivity index (χ1n) is 11.9. The fraction of sp³-hybridized carbons (Fsp3) is 0.400. The number of piperidine rings is 1. The molecule has 2 amide bonds. The number of hydrogen-bond acceptors (Lipinski definition) is 7. The largest absolute Gasteiger partial charge is 0.371 e. The Hall–Kier alpha value is -3.40. The zero-order valence-electron chi connectivity index (χ0n) is 19.9. The van der Waals surface area contributed by atoms with Gasteiger partial charge in [0.15, 0.2) is 0 Å². The lowest BCUT2D eigenvalue weighted by Crippen LogP contribution is -2.48. The van der Waals surface area contributed by atoms with E-state index in [-0.39, 0.29) is 11.7 Å². The molecule has 3 aromatic rings. The molecule has 0 saturated carbocycles. The van der Waals surface area contributed by atoms with Gasteiger partial charge in [-0.3, -0.25) is 9.59 Å². The molecule has 0 unspecified atom stereocenters. The maximum Gasteiger partial charge on any atom is 0.293 e. The first-order valence-corrected chi connectivity index (χ1v) is 12.9. The van der Waals surface area contributed by atoms with Crippen molar-refractivity contribution in [1.82, 2.24) is 25.5 Å². The molecule has 2 atom stereocenters. The summed E-state index contributed by atoms with van der Waals surface area (Å²) in [6.45, 7) is 4.75. The molecule has 0 radical (unpaired) electrons. The van der Waals surface area contributed by atoms with Gasteiger partial charge in [-0.25, -0.2) is 0 Å². The van der Waals surface area contributed by atoms with Crippen LogP contribution in [0.4, 0.5) is 11.4 Å². The molecule has 0 bridgehead atoms. The topological polar surface area (TPSA) is 96.2 Å². The Balaban J connectivity index is 1.27. The number of carbonyl (C=O) groups excluding carboxylic acids is 2. The Bertz CT molecular complexity index is 1220. The van der Waals surface area contributed by atoms with E-state index in [1.807, 2.05) is 30.3 Å². The number of carbonyl (C=O) groups is 2. The highest BCUT2D eigenvalue weighted by Gasteiger charge is 2.31. The van der Waals surface area contributed by atoms with Gasteiger partial charge in [-0.1, -0.05) is 37.3 Å². The molecular formula is C25H29N7O2S. The van der Waals surface area contributed by atoms with E-state index in [0.717, 1.165) is 34.9 Å². The van der Waals surface area contributed by atoms with E-state index in [2.05, 4.69) is 50.8 Å². The highest BCUT2D eigenvalue weighted by molar-refractivity contribution is 7.99. The quantitative estimate of drug-likeness (QED) is 0.586. The minimum absolute atomic E-state index is 0.0513. The summed E-state index contributed by atoms with van der Waals surface area (Å²) in [5.74, 6) is 0.371. The lowest BCUT2D eigenvalue weighted by Gasteiger charge is -2.33. The number of nitrogens with one attached hydrogen (secondary N) is 1. The van der Waals surface area contributed by atoms with Crippen LogP contribution in [-0.2, 0) is 11.3 Å². The number of anilines is 2. The molecule has 5 rings (SSSR count). The van der Waals surface area contributed by atoms with Crippen molar-refractivity contribution in [2.75, 3.05) is 35.7 Å². The molecule has 1 saturated heterocycles. The van der Waals surface area contributed by atoms with Crippen LogP contribution in [0.5, 0.6) is 0 Å². The van der Waals surface area contributed by atoms with Crippen molar-refractivity contribution in [3.8, 4) is 0 Å². The predicted molar refractivity (Wildman–Crippen MR) is 136 cm³/mol. The van der Waals surface area contributed by atoms with E-state index >= 15 is 0 Å². The summed E-state index contributed by atoms with van der Waals surface area (Å²) >= 11 is 1.57. The summed E-state index contributed by atoms with van der Waals surface area (Å²) in [6.07, 6.45) is 2.44. The van der Waals surface area contributed by atoms with Crippen LogP contribution in [0.3, 0.4) is 0 Å². The minimum atomic E-state index is -0.690. The average molecular weight is 492 g/mol. The van der Waals surface area contributed by atoms with E-state index in [1.54, 1.807) is 23.7 Å². The summed E-state index contributed by atoms with van der Waals surface area (Å²) in [7, 11) is 1.77. The Labute approximate surface area is 208 Å². The lowest BCUT2D eigenvalue weighted by atomic mass is 9.99. The van der Waals surface area contributed by atoms with Gasteiger partial charge in [-0.2, -0.15) is 4.80 Å². The number of aromatic nitrogens is 4. The van der Waals surface area contributed by atoms with Crippen LogP contribution in [0, 0.1) is 5.92 Å². The van der Waals surface area contributed by atoms with Gasteiger partial charge in [-0.05, 0) is 47.7 Å². The third-order valence-corrected chi connectivity index (χ3v) is 7.64. The Morgan fingerprint density at radius 3 is 2.83 bits per heavy atom. The summed E-state index contributed by atoms with van der Waals surface area (Å²) in [4.78, 5) is 32.6. The van der Waals surface area contributed by atoms with Gasteiger partial charge in [-0.15, -0.1) is 22.0 Å². The summed E-state index contributed by atoms with van der Waals surface area (Å²) < 4.78 is 0. The van der Waals surface area contributed by atoms with E-state index in [1.165, 1.54) is 17.6 Å². The summed E-state index contributed by atoms with van der Waals surface area (Å²) in [5, 5.41) is 14.9. The lowest BCUT2D eigenvalue weighted by molar-refractivity contribution is -0.119. The Morgan fingerprint density at radius 2 is 2.03 bits per heavy atom. The number of fused-ring (bicyclic) bond motifs is 1. The molecule has 2 aliphatic heterocycles. The molecule has 0 spiro atoms. The van der Waals surface area contributed by atoms with Gasteiger partial charge < -0.3 is 15.1 Å². The maximum atomic E-state index is 13.3. The molecule has 0 aliphatic carbocycles. The molecule has 182 valence electrons. The molecule has 35 heavy (non-hydrogen) atoms. The second-order valence-corrected chi connectivity index (χ2v) is 10.3. The van der Waals surface area contributed by atoms with Gasteiger partial charge in [0.1, 0.15) is 6.04 Å². The van der Waals surface area contributed by atoms with Gasteiger partial charge in [0, 0.05) is 36.5 Å². The molecule has 1 N–H and O–H groups in total. The molecule has 2 aliphatic rings. The van der Waals surface area contributed by atoms with Gasteiger partial charge in [0.05, 0.1) is 12.2 Å². The minimum Gasteiger partial charge on any atom is -0.371 e. The van der Waals surface area contributed by atoms with Crippen LogP contribution in [0.25, 0.3) is 0 Å². The molecule has 1 fully saturated rings. The smallest absolute Gasteiger partial charge is 0.293 e. The van der Waals surface area contributed by atoms with Crippen molar-refractivity contribution in [2.45, 2.75) is 37.2 Å². The first kappa shape index (κ1) is 23.3. The fourth-order valence-electron chi connectivity index (χ4n) is 4.58. The third-order valence-electron chi connectivity index (χ3n) is 6.49. The Morgan fingerprint density at radius 1 is 1.20 bits per heavy atom. The fourth-order valence-corrected chi connectivity index (χ4v) is 5.66. The number of benzene rings is 2. The SMILES string of the molecule is C[C@@H]1CCCN(c2ccc3c(c2)N(C)C(=O)[C@@H](NC(=O)c2nnn(Cc4ccccc4)n2)CS3)C1. The van der Waals surface area contributed by atoms with Crippen molar-refractivity contribution in [3.63, 3.8) is 0 Å². The number of tetrazole rings is 1. The van der Waals surface area contributed by atoms with Crippen LogP contribution in [-0.4, -0.2) is 64.0 Å². The van der Waals surface area contributed by atoms with Crippen LogP contribution in [0.2, 0.25) is 0 Å². The average Bonchev–Trinajstić information content (AvgIpc) is 3.30. The number of rotatable bonds is 5. The monoisotopic (exact) mass is 491 g/mol. The van der Waals surface area contributed by atoms with E-state index in [4.69, 9.17) is 0 Å². The molecule has 3 heterocycles. The zero-order valence-corrected chi connectivity index (χ0v) is 20.7. The van der Waals surface area contributed by atoms with Crippen molar-refractivity contribution in [3.05, 3.63) is 59.9 Å². The normalized spacial score (nSPS) is 20.3. The van der Waals surface area contributed by atoms with E-state index in [0.29, 0.717) is 18.2 Å². The van der Waals surface area contributed by atoms with Crippen molar-refractivity contribution in [2.24, 2.45) is 5.92 Å². The van der Waals surface area contributed by atoms with Crippen LogP contribution in [0.15, 0.2) is 53.4 Å². The number of likely N-dealkylation sites (N-methyl/N-ethyl adjacent to an activating group) is 1. The third kappa shape index (κ3) is 5.17. The summed E-state index contributed by atoms with van der Waals surface area (Å²) in [5.41, 5.74) is 3.02. The number of nitrogens with zero attached hydrogens (tertiary/aromatic N) is 6. The van der Waals surface area contributed by atoms with Crippen LogP contribution >= 0.6 is 11.8 Å². The zero-order chi connectivity index (χ0) is 24.4. The number of hydrogen-bond donors (Lipinski definition) is 1. The van der Waals surface area contributed by atoms with Crippen molar-refractivity contribution >= 4 is 35.0 Å². The molecule has 2 aromatic carbocycles. The second-order valence-electron chi connectivity index (χ2n) is 9.21. The first-order chi connectivity index (χ1) is 17.0. The van der Waals surface area contributed by atoms with Crippen molar-refractivity contribution < 1.29 is 9.59 Å². The second kappa shape index (κ2) is 10.1. The highest BCUT2D eigenvalue weighted by atomic mass is 32.2. The van der Waals surface area contributed by atoms with E-state index < -0.39 is 11.9 Å². The predicted octanol–water partition coefficient (Wildman–Crippen LogP) is 2.82. The Kier molecular flexibility index (Phi) is 6.72.